The summed E-state index contributed by atoms with van der Waals surface area (Å²) >= 11 is 0. The second-order valence-corrected chi connectivity index (χ2v) is 5.74. The maximum atomic E-state index is 12.4. The van der Waals surface area contributed by atoms with Gasteiger partial charge in [0.05, 0.1) is 0 Å². The number of hydrogen-bond acceptors (Lipinski definition) is 1. The molecular weight excluding hydrogens is 222 g/mol. The number of likely N-dealkylation sites (tertiary alicyclic amines) is 1. The highest BCUT2D eigenvalue weighted by molar-refractivity contribution is 5.94. The lowest BCUT2D eigenvalue weighted by Gasteiger charge is -2.34. The van der Waals surface area contributed by atoms with E-state index in [-0.39, 0.29) is 5.91 Å². The minimum atomic E-state index is 0.195. The van der Waals surface area contributed by atoms with E-state index >= 15 is 0 Å². The van der Waals surface area contributed by atoms with Crippen LogP contribution < -0.4 is 0 Å². The summed E-state index contributed by atoms with van der Waals surface area (Å²) in [4.78, 5) is 14.4. The van der Waals surface area contributed by atoms with Gasteiger partial charge in [0.15, 0.2) is 0 Å². The molecule has 1 fully saturated rings. The molecule has 0 N–H and O–H groups in total. The Hall–Kier alpha value is -1.31. The summed E-state index contributed by atoms with van der Waals surface area (Å²) in [7, 11) is 0. The van der Waals surface area contributed by atoms with Gasteiger partial charge in [0, 0.05) is 18.7 Å². The number of nitrogens with zero attached hydrogens (tertiary/aromatic N) is 1. The van der Waals surface area contributed by atoms with Crippen LogP contribution in [0.3, 0.4) is 0 Å². The van der Waals surface area contributed by atoms with E-state index in [9.17, 15) is 4.79 Å². The van der Waals surface area contributed by atoms with Crippen LogP contribution in [-0.4, -0.2) is 23.9 Å². The number of piperidine rings is 1. The molecule has 0 bridgehead atoms. The Balaban J connectivity index is 1.99. The fourth-order valence-corrected chi connectivity index (χ4v) is 2.73. The summed E-state index contributed by atoms with van der Waals surface area (Å²) in [6, 6.07) is 7.89. The molecule has 2 nitrogen and oxygen atoms in total. The summed E-state index contributed by atoms with van der Waals surface area (Å²) < 4.78 is 0. The molecule has 0 unspecified atom stereocenters. The average Bonchev–Trinajstić information content (AvgIpc) is 2.38. The van der Waals surface area contributed by atoms with Gasteiger partial charge in [-0.1, -0.05) is 31.5 Å². The molecule has 1 amide bonds. The van der Waals surface area contributed by atoms with Crippen molar-refractivity contribution in [2.45, 2.75) is 33.6 Å². The third-order valence-corrected chi connectivity index (χ3v) is 4.03. The largest absolute Gasteiger partial charge is 0.339 e. The van der Waals surface area contributed by atoms with Crippen LogP contribution in [0.25, 0.3) is 0 Å². The summed E-state index contributed by atoms with van der Waals surface area (Å²) in [5.41, 5.74) is 1.98. The van der Waals surface area contributed by atoms with Crippen LogP contribution in [-0.2, 0) is 0 Å². The summed E-state index contributed by atoms with van der Waals surface area (Å²) in [6.45, 7) is 8.42. The van der Waals surface area contributed by atoms with Crippen molar-refractivity contribution in [3.8, 4) is 0 Å². The number of amides is 1. The molecule has 0 saturated carbocycles. The minimum Gasteiger partial charge on any atom is -0.339 e. The first-order chi connectivity index (χ1) is 8.58. The summed E-state index contributed by atoms with van der Waals surface area (Å²) in [5, 5.41) is 0. The molecule has 1 aromatic carbocycles. The van der Waals surface area contributed by atoms with Crippen molar-refractivity contribution >= 4 is 5.91 Å². The second-order valence-electron chi connectivity index (χ2n) is 5.74. The first-order valence-corrected chi connectivity index (χ1v) is 6.94. The first kappa shape index (κ1) is 13.1. The van der Waals surface area contributed by atoms with Crippen LogP contribution >= 0.6 is 0 Å². The van der Waals surface area contributed by atoms with Crippen LogP contribution in [0.1, 0.15) is 42.6 Å². The Morgan fingerprint density at radius 2 is 1.94 bits per heavy atom. The molecule has 0 atom stereocenters. The van der Waals surface area contributed by atoms with Gasteiger partial charge in [0.25, 0.3) is 5.91 Å². The van der Waals surface area contributed by atoms with E-state index in [1.807, 2.05) is 36.1 Å². The van der Waals surface area contributed by atoms with Crippen molar-refractivity contribution < 1.29 is 4.79 Å². The molecule has 1 heterocycles. The molecule has 98 valence electrons. The minimum absolute atomic E-state index is 0.195. The van der Waals surface area contributed by atoms with E-state index in [0.717, 1.165) is 48.9 Å². The van der Waals surface area contributed by atoms with Gasteiger partial charge in [0.2, 0.25) is 0 Å². The topological polar surface area (TPSA) is 20.3 Å². The molecule has 2 heteroatoms. The molecule has 0 radical (unpaired) electrons. The zero-order valence-corrected chi connectivity index (χ0v) is 11.6. The first-order valence-electron chi connectivity index (χ1n) is 6.94. The van der Waals surface area contributed by atoms with Gasteiger partial charge in [-0.15, -0.1) is 0 Å². The number of carbonyl (C=O) groups excluding carboxylic acids is 1. The molecule has 0 aromatic heterocycles. The van der Waals surface area contributed by atoms with Crippen molar-refractivity contribution in [1.82, 2.24) is 4.90 Å². The lowest BCUT2D eigenvalue weighted by molar-refractivity contribution is 0.0667. The van der Waals surface area contributed by atoms with E-state index < -0.39 is 0 Å². The van der Waals surface area contributed by atoms with Crippen molar-refractivity contribution in [3.63, 3.8) is 0 Å². The molecule has 18 heavy (non-hydrogen) atoms. The van der Waals surface area contributed by atoms with Crippen molar-refractivity contribution in [1.29, 1.82) is 0 Å². The normalized spacial score (nSPS) is 17.2. The number of benzene rings is 1. The van der Waals surface area contributed by atoms with Gasteiger partial charge in [-0.25, -0.2) is 0 Å². The average molecular weight is 245 g/mol. The molecule has 2 rings (SSSR count). The summed E-state index contributed by atoms with van der Waals surface area (Å²) in [6.07, 6.45) is 2.30. The maximum Gasteiger partial charge on any atom is 0.253 e. The Labute approximate surface area is 110 Å². The van der Waals surface area contributed by atoms with Crippen molar-refractivity contribution in [2.24, 2.45) is 11.8 Å². The van der Waals surface area contributed by atoms with E-state index in [1.165, 1.54) is 0 Å². The molecule has 0 aliphatic carbocycles. The molecule has 1 aromatic rings. The van der Waals surface area contributed by atoms with Crippen LogP contribution in [0.5, 0.6) is 0 Å². The van der Waals surface area contributed by atoms with Crippen LogP contribution in [0.15, 0.2) is 24.3 Å². The van der Waals surface area contributed by atoms with E-state index in [1.54, 1.807) is 0 Å². The molecule has 0 spiro atoms. The van der Waals surface area contributed by atoms with Crippen molar-refractivity contribution in [2.75, 3.05) is 13.1 Å². The number of rotatable bonds is 2. The van der Waals surface area contributed by atoms with Gasteiger partial charge >= 0.3 is 0 Å². The van der Waals surface area contributed by atoms with Gasteiger partial charge in [-0.3, -0.25) is 4.79 Å². The standard InChI is InChI=1S/C16H23NO/c1-12(2)14-7-9-17(10-8-14)16(18)15-6-4-5-13(3)11-15/h4-6,11-12,14H,7-10H2,1-3H3. The highest BCUT2D eigenvalue weighted by Crippen LogP contribution is 2.25. The predicted molar refractivity (Wildman–Crippen MR) is 74.6 cm³/mol. The van der Waals surface area contributed by atoms with E-state index in [0.29, 0.717) is 0 Å². The van der Waals surface area contributed by atoms with Gasteiger partial charge in [0.1, 0.15) is 0 Å². The second kappa shape index (κ2) is 5.55. The van der Waals surface area contributed by atoms with Crippen molar-refractivity contribution in [3.05, 3.63) is 35.4 Å². The van der Waals surface area contributed by atoms with Gasteiger partial charge in [-0.05, 0) is 43.7 Å². The lowest BCUT2D eigenvalue weighted by Crippen LogP contribution is -2.39. The van der Waals surface area contributed by atoms with Crippen LogP contribution in [0.4, 0.5) is 0 Å². The SMILES string of the molecule is Cc1cccc(C(=O)N2CCC(C(C)C)CC2)c1. The Morgan fingerprint density at radius 1 is 1.28 bits per heavy atom. The third-order valence-electron chi connectivity index (χ3n) is 4.03. The molecule has 1 aliphatic rings. The third kappa shape index (κ3) is 2.92. The Bertz CT molecular complexity index is 417. The zero-order valence-electron chi connectivity index (χ0n) is 11.6. The fraction of sp³-hybridized carbons (Fsp3) is 0.562. The predicted octanol–water partition coefficient (Wildman–Crippen LogP) is 3.50. The van der Waals surface area contributed by atoms with Crippen LogP contribution in [0, 0.1) is 18.8 Å². The Kier molecular flexibility index (Phi) is 4.05. The molecule has 1 saturated heterocycles. The quantitative estimate of drug-likeness (QED) is 0.781. The lowest BCUT2D eigenvalue weighted by atomic mass is 9.86. The molecule has 1 aliphatic heterocycles. The Morgan fingerprint density at radius 3 is 2.50 bits per heavy atom. The van der Waals surface area contributed by atoms with Crippen LogP contribution in [0.2, 0.25) is 0 Å². The highest BCUT2D eigenvalue weighted by Gasteiger charge is 2.25. The van der Waals surface area contributed by atoms with Gasteiger partial charge in [-0.2, -0.15) is 0 Å². The number of hydrogen-bond donors (Lipinski definition) is 0. The molecular formula is C16H23NO. The van der Waals surface area contributed by atoms with E-state index in [2.05, 4.69) is 13.8 Å². The fourth-order valence-electron chi connectivity index (χ4n) is 2.73. The number of aryl methyl sites for hydroxylation is 1. The maximum absolute atomic E-state index is 12.4. The zero-order chi connectivity index (χ0) is 13.1. The number of carbonyl (C=O) groups is 1. The smallest absolute Gasteiger partial charge is 0.253 e. The summed E-state index contributed by atoms with van der Waals surface area (Å²) in [5.74, 6) is 1.72. The van der Waals surface area contributed by atoms with Gasteiger partial charge < -0.3 is 4.90 Å². The van der Waals surface area contributed by atoms with E-state index in [4.69, 9.17) is 0 Å². The highest BCUT2D eigenvalue weighted by atomic mass is 16.2. The monoisotopic (exact) mass is 245 g/mol.